The van der Waals surface area contributed by atoms with E-state index in [0.717, 1.165) is 34.7 Å². The summed E-state index contributed by atoms with van der Waals surface area (Å²) >= 11 is 3.66. The predicted molar refractivity (Wildman–Crippen MR) is 85.3 cm³/mol. The molecule has 1 aromatic heterocycles. The smallest absolute Gasteiger partial charge is 0.151 e. The van der Waals surface area contributed by atoms with Crippen LogP contribution < -0.4 is 5.32 Å². The second kappa shape index (κ2) is 6.50. The molecule has 108 valence electrons. The Morgan fingerprint density at radius 3 is 2.60 bits per heavy atom. The maximum absolute atomic E-state index is 4.59. The maximum atomic E-state index is 4.59. The molecule has 2 aromatic rings. The van der Waals surface area contributed by atoms with Crippen LogP contribution in [0.15, 0.2) is 22.7 Å². The third-order valence-corrected chi connectivity index (χ3v) is 4.12. The fourth-order valence-corrected chi connectivity index (χ4v) is 2.66. The lowest BCUT2D eigenvalue weighted by atomic mass is 10.1. The first kappa shape index (κ1) is 15.2. The fraction of sp³-hybridized carbons (Fsp3) is 0.467. The highest BCUT2D eigenvalue weighted by molar-refractivity contribution is 9.10. The third kappa shape index (κ3) is 2.94. The summed E-state index contributed by atoms with van der Waals surface area (Å²) in [6.07, 6.45) is 1.72. The number of aromatic nitrogens is 3. The second-order valence-electron chi connectivity index (χ2n) is 4.78. The van der Waals surface area contributed by atoms with Crippen molar-refractivity contribution in [3.8, 4) is 5.69 Å². The molecule has 1 atom stereocenters. The zero-order valence-electron chi connectivity index (χ0n) is 12.4. The van der Waals surface area contributed by atoms with E-state index in [1.165, 1.54) is 5.56 Å². The Labute approximate surface area is 128 Å². The molecular formula is C15H21BrN4. The molecule has 0 aliphatic rings. The molecule has 1 unspecified atom stereocenters. The molecule has 0 saturated heterocycles. The lowest BCUT2D eigenvalue weighted by Crippen LogP contribution is -2.12. The molecule has 1 heterocycles. The Morgan fingerprint density at radius 1 is 1.30 bits per heavy atom. The predicted octanol–water partition coefficient (Wildman–Crippen LogP) is 3.44. The van der Waals surface area contributed by atoms with Crippen molar-refractivity contribution in [2.45, 2.75) is 39.7 Å². The highest BCUT2D eigenvalue weighted by atomic mass is 79.9. The first-order chi connectivity index (χ1) is 9.60. The molecule has 1 aromatic carbocycles. The van der Waals surface area contributed by atoms with Gasteiger partial charge in [-0.2, -0.15) is 5.10 Å². The number of hydrogen-bond donors (Lipinski definition) is 1. The molecule has 0 saturated carbocycles. The van der Waals surface area contributed by atoms with Gasteiger partial charge in [-0.3, -0.25) is 0 Å². The monoisotopic (exact) mass is 336 g/mol. The molecule has 0 bridgehead atoms. The van der Waals surface area contributed by atoms with Crippen LogP contribution in [0.3, 0.4) is 0 Å². The molecule has 2 rings (SSSR count). The minimum Gasteiger partial charge on any atom is -0.313 e. The second-order valence-corrected chi connectivity index (χ2v) is 5.64. The van der Waals surface area contributed by atoms with Crippen LogP contribution in [0.2, 0.25) is 0 Å². The average molecular weight is 337 g/mol. The quantitative estimate of drug-likeness (QED) is 0.909. The van der Waals surface area contributed by atoms with E-state index in [4.69, 9.17) is 0 Å². The number of rotatable bonds is 5. The summed E-state index contributed by atoms with van der Waals surface area (Å²) in [6, 6.07) is 6.70. The van der Waals surface area contributed by atoms with Gasteiger partial charge in [-0.15, -0.1) is 0 Å². The van der Waals surface area contributed by atoms with E-state index in [0.29, 0.717) is 6.04 Å². The van der Waals surface area contributed by atoms with Crippen LogP contribution in [0.4, 0.5) is 0 Å². The average Bonchev–Trinajstić information content (AvgIpc) is 2.89. The molecule has 0 radical (unpaired) electrons. The maximum Gasteiger partial charge on any atom is 0.151 e. The summed E-state index contributed by atoms with van der Waals surface area (Å²) in [6.45, 7) is 6.32. The largest absolute Gasteiger partial charge is 0.313 e. The van der Waals surface area contributed by atoms with Crippen molar-refractivity contribution in [1.82, 2.24) is 20.1 Å². The minimum absolute atomic E-state index is 0.327. The van der Waals surface area contributed by atoms with Crippen molar-refractivity contribution < 1.29 is 0 Å². The highest BCUT2D eigenvalue weighted by Gasteiger charge is 2.13. The standard InChI is InChI=1S/C15H21BrN4/c1-5-14-18-15(6-2)20(19-14)13-8-7-11(9-12(13)16)10(3)17-4/h7-10,17H,5-6H2,1-4H3. The summed E-state index contributed by atoms with van der Waals surface area (Å²) < 4.78 is 2.98. The van der Waals surface area contributed by atoms with Crippen molar-refractivity contribution in [2.24, 2.45) is 0 Å². The van der Waals surface area contributed by atoms with E-state index in [2.05, 4.69) is 70.3 Å². The van der Waals surface area contributed by atoms with Gasteiger partial charge in [0.05, 0.1) is 5.69 Å². The molecule has 0 fully saturated rings. The molecular weight excluding hydrogens is 316 g/mol. The van der Waals surface area contributed by atoms with Crippen molar-refractivity contribution in [2.75, 3.05) is 7.05 Å². The third-order valence-electron chi connectivity index (χ3n) is 3.48. The molecule has 0 amide bonds. The number of aryl methyl sites for hydroxylation is 2. The molecule has 0 aliphatic carbocycles. The fourth-order valence-electron chi connectivity index (χ4n) is 2.09. The van der Waals surface area contributed by atoms with Crippen molar-refractivity contribution in [3.63, 3.8) is 0 Å². The Morgan fingerprint density at radius 2 is 2.05 bits per heavy atom. The van der Waals surface area contributed by atoms with Crippen LogP contribution in [0.5, 0.6) is 0 Å². The zero-order chi connectivity index (χ0) is 14.7. The number of nitrogens with one attached hydrogen (secondary N) is 1. The first-order valence-corrected chi connectivity index (χ1v) is 7.81. The molecule has 5 heteroatoms. The molecule has 0 spiro atoms. The van der Waals surface area contributed by atoms with Gasteiger partial charge in [0.1, 0.15) is 5.82 Å². The van der Waals surface area contributed by atoms with Gasteiger partial charge in [-0.25, -0.2) is 9.67 Å². The van der Waals surface area contributed by atoms with Gasteiger partial charge in [0, 0.05) is 23.4 Å². The van der Waals surface area contributed by atoms with Crippen LogP contribution in [-0.2, 0) is 12.8 Å². The van der Waals surface area contributed by atoms with E-state index in [1.807, 2.05) is 11.7 Å². The molecule has 0 aliphatic heterocycles. The normalized spacial score (nSPS) is 12.7. The molecule has 20 heavy (non-hydrogen) atoms. The van der Waals surface area contributed by atoms with Gasteiger partial charge >= 0.3 is 0 Å². The Hall–Kier alpha value is -1.20. The van der Waals surface area contributed by atoms with E-state index >= 15 is 0 Å². The van der Waals surface area contributed by atoms with E-state index in [9.17, 15) is 0 Å². The van der Waals surface area contributed by atoms with Crippen molar-refractivity contribution in [3.05, 3.63) is 39.9 Å². The summed E-state index contributed by atoms with van der Waals surface area (Å²) in [7, 11) is 1.96. The number of nitrogens with zero attached hydrogens (tertiary/aromatic N) is 3. The SMILES string of the molecule is CCc1nc(CC)n(-c2ccc(C(C)NC)cc2Br)n1. The van der Waals surface area contributed by atoms with Crippen LogP contribution in [0, 0.1) is 0 Å². The summed E-state index contributed by atoms with van der Waals surface area (Å²) in [5, 5.41) is 7.83. The Kier molecular flexibility index (Phi) is 4.94. The van der Waals surface area contributed by atoms with Gasteiger partial charge in [0.2, 0.25) is 0 Å². The van der Waals surface area contributed by atoms with Gasteiger partial charge in [0.25, 0.3) is 0 Å². The van der Waals surface area contributed by atoms with Crippen LogP contribution in [0.25, 0.3) is 5.69 Å². The number of hydrogen-bond acceptors (Lipinski definition) is 3. The van der Waals surface area contributed by atoms with E-state index in [-0.39, 0.29) is 0 Å². The Bertz CT molecular complexity index is 592. The summed E-state index contributed by atoms with van der Waals surface area (Å²) in [5.74, 6) is 1.89. The van der Waals surface area contributed by atoms with Crippen LogP contribution >= 0.6 is 15.9 Å². The van der Waals surface area contributed by atoms with Gasteiger partial charge in [-0.05, 0) is 47.6 Å². The topological polar surface area (TPSA) is 42.7 Å². The molecule has 1 N–H and O–H groups in total. The minimum atomic E-state index is 0.327. The van der Waals surface area contributed by atoms with E-state index in [1.54, 1.807) is 0 Å². The summed E-state index contributed by atoms with van der Waals surface area (Å²) in [5.41, 5.74) is 2.29. The number of halogens is 1. The van der Waals surface area contributed by atoms with Crippen molar-refractivity contribution in [1.29, 1.82) is 0 Å². The van der Waals surface area contributed by atoms with Gasteiger partial charge in [-0.1, -0.05) is 19.9 Å². The van der Waals surface area contributed by atoms with Gasteiger partial charge < -0.3 is 5.32 Å². The van der Waals surface area contributed by atoms with Crippen LogP contribution in [0.1, 0.15) is 44.0 Å². The Balaban J connectivity index is 2.45. The zero-order valence-corrected chi connectivity index (χ0v) is 14.0. The lowest BCUT2D eigenvalue weighted by molar-refractivity contribution is 0.651. The summed E-state index contributed by atoms with van der Waals surface area (Å²) in [4.78, 5) is 4.56. The first-order valence-electron chi connectivity index (χ1n) is 7.02. The van der Waals surface area contributed by atoms with Gasteiger partial charge in [0.15, 0.2) is 5.82 Å². The van der Waals surface area contributed by atoms with E-state index < -0.39 is 0 Å². The number of benzene rings is 1. The van der Waals surface area contributed by atoms with Crippen molar-refractivity contribution >= 4 is 15.9 Å². The highest BCUT2D eigenvalue weighted by Crippen LogP contribution is 2.26. The lowest BCUT2D eigenvalue weighted by Gasteiger charge is -2.13. The molecule has 4 nitrogen and oxygen atoms in total. The van der Waals surface area contributed by atoms with Crippen LogP contribution in [-0.4, -0.2) is 21.8 Å².